The molecule has 0 atom stereocenters. The summed E-state index contributed by atoms with van der Waals surface area (Å²) in [4.78, 5) is 9.17. The van der Waals surface area contributed by atoms with E-state index in [4.69, 9.17) is 9.47 Å². The second-order valence-corrected chi connectivity index (χ2v) is 8.33. The molecule has 0 aliphatic heterocycles. The summed E-state index contributed by atoms with van der Waals surface area (Å²) in [7, 11) is 3.74. The minimum Gasteiger partial charge on any atom is -0.493 e. The fourth-order valence-electron chi connectivity index (χ4n) is 3.06. The molecule has 8 heteroatoms. The first-order chi connectivity index (χ1) is 15.3. The lowest BCUT2D eigenvalue weighted by Gasteiger charge is -2.12. The SMILES string of the molecule is CNc1nc(-c2ccccc2OCCCOc2ccccc2-c2csc(NC)n2)cs1. The number of thiazole rings is 2. The van der Waals surface area contributed by atoms with Gasteiger partial charge in [-0.15, -0.1) is 22.7 Å². The Morgan fingerprint density at radius 3 is 1.58 bits per heavy atom. The molecule has 0 aliphatic carbocycles. The van der Waals surface area contributed by atoms with Crippen LogP contribution in [0, 0.1) is 0 Å². The van der Waals surface area contributed by atoms with E-state index in [0.717, 1.165) is 50.7 Å². The van der Waals surface area contributed by atoms with Crippen molar-refractivity contribution in [2.24, 2.45) is 0 Å². The Hall–Kier alpha value is -3.10. The molecule has 0 amide bonds. The Morgan fingerprint density at radius 2 is 1.16 bits per heavy atom. The van der Waals surface area contributed by atoms with Crippen molar-refractivity contribution in [2.45, 2.75) is 6.42 Å². The Balaban J connectivity index is 1.34. The van der Waals surface area contributed by atoms with Gasteiger partial charge in [-0.1, -0.05) is 24.3 Å². The topological polar surface area (TPSA) is 68.3 Å². The van der Waals surface area contributed by atoms with E-state index in [2.05, 4.69) is 20.6 Å². The van der Waals surface area contributed by atoms with Crippen molar-refractivity contribution < 1.29 is 9.47 Å². The maximum absolute atomic E-state index is 6.05. The van der Waals surface area contributed by atoms with Crippen molar-refractivity contribution in [3.63, 3.8) is 0 Å². The zero-order valence-electron chi connectivity index (χ0n) is 17.4. The number of nitrogens with one attached hydrogen (secondary N) is 2. The first-order valence-corrected chi connectivity index (χ1v) is 11.8. The van der Waals surface area contributed by atoms with Crippen LogP contribution in [0.15, 0.2) is 59.3 Å². The van der Waals surface area contributed by atoms with Gasteiger partial charge in [-0.25, -0.2) is 9.97 Å². The van der Waals surface area contributed by atoms with Gasteiger partial charge in [0, 0.05) is 42.4 Å². The zero-order valence-corrected chi connectivity index (χ0v) is 19.1. The number of nitrogens with zero attached hydrogens (tertiary/aromatic N) is 2. The van der Waals surface area contributed by atoms with Crippen molar-refractivity contribution in [3.8, 4) is 34.0 Å². The molecule has 4 aromatic rings. The molecule has 0 unspecified atom stereocenters. The molecule has 0 fully saturated rings. The summed E-state index contributed by atoms with van der Waals surface area (Å²) in [6.07, 6.45) is 0.764. The molecule has 0 saturated carbocycles. The van der Waals surface area contributed by atoms with Gasteiger partial charge in [0.1, 0.15) is 11.5 Å². The third-order valence-corrected chi connectivity index (χ3v) is 6.29. The van der Waals surface area contributed by atoms with Crippen LogP contribution < -0.4 is 20.1 Å². The van der Waals surface area contributed by atoms with Gasteiger partial charge in [-0.05, 0) is 24.3 Å². The van der Waals surface area contributed by atoms with Crippen LogP contribution in [-0.2, 0) is 0 Å². The predicted octanol–water partition coefficient (Wildman–Crippen LogP) is 5.86. The van der Waals surface area contributed by atoms with Crippen LogP contribution in [0.2, 0.25) is 0 Å². The summed E-state index contributed by atoms with van der Waals surface area (Å²) in [6.45, 7) is 1.12. The molecule has 0 saturated heterocycles. The highest BCUT2D eigenvalue weighted by Gasteiger charge is 2.11. The van der Waals surface area contributed by atoms with E-state index in [1.54, 1.807) is 22.7 Å². The smallest absolute Gasteiger partial charge is 0.182 e. The summed E-state index contributed by atoms with van der Waals surface area (Å²) < 4.78 is 12.1. The van der Waals surface area contributed by atoms with Crippen LogP contribution in [0.4, 0.5) is 10.3 Å². The van der Waals surface area contributed by atoms with Gasteiger partial charge in [0.05, 0.1) is 24.6 Å². The van der Waals surface area contributed by atoms with Gasteiger partial charge >= 0.3 is 0 Å². The molecular formula is C23H24N4O2S2. The molecular weight excluding hydrogens is 428 g/mol. The number of hydrogen-bond acceptors (Lipinski definition) is 8. The van der Waals surface area contributed by atoms with E-state index in [1.165, 1.54) is 0 Å². The third kappa shape index (κ3) is 5.15. The second kappa shape index (κ2) is 10.3. The molecule has 2 heterocycles. The lowest BCUT2D eigenvalue weighted by atomic mass is 10.1. The number of rotatable bonds is 10. The summed E-state index contributed by atoms with van der Waals surface area (Å²) in [5, 5.41) is 12.0. The molecule has 0 aliphatic rings. The molecule has 2 aromatic carbocycles. The van der Waals surface area contributed by atoms with Gasteiger partial charge in [0.2, 0.25) is 0 Å². The average molecular weight is 453 g/mol. The molecule has 6 nitrogen and oxygen atoms in total. The summed E-state index contributed by atoms with van der Waals surface area (Å²) in [5.74, 6) is 1.66. The highest BCUT2D eigenvalue weighted by atomic mass is 32.1. The quantitative estimate of drug-likeness (QED) is 0.294. The van der Waals surface area contributed by atoms with Crippen LogP contribution in [0.5, 0.6) is 11.5 Å². The first kappa shape index (κ1) is 21.1. The lowest BCUT2D eigenvalue weighted by molar-refractivity contribution is 0.248. The minimum atomic E-state index is 0.558. The van der Waals surface area contributed by atoms with E-state index in [0.29, 0.717) is 13.2 Å². The first-order valence-electron chi connectivity index (χ1n) is 9.99. The number of para-hydroxylation sites is 2. The van der Waals surface area contributed by atoms with E-state index >= 15 is 0 Å². The monoisotopic (exact) mass is 452 g/mol. The van der Waals surface area contributed by atoms with E-state index < -0.39 is 0 Å². The summed E-state index contributed by atoms with van der Waals surface area (Å²) in [6, 6.07) is 16.0. The van der Waals surface area contributed by atoms with Crippen LogP contribution in [0.25, 0.3) is 22.5 Å². The Morgan fingerprint density at radius 1 is 0.710 bits per heavy atom. The number of benzene rings is 2. The van der Waals surface area contributed by atoms with E-state index in [9.17, 15) is 0 Å². The molecule has 2 N–H and O–H groups in total. The highest BCUT2D eigenvalue weighted by Crippen LogP contribution is 2.33. The van der Waals surface area contributed by atoms with Crippen molar-refractivity contribution in [1.29, 1.82) is 0 Å². The molecule has 31 heavy (non-hydrogen) atoms. The van der Waals surface area contributed by atoms with Gasteiger partial charge in [0.25, 0.3) is 0 Å². The van der Waals surface area contributed by atoms with E-state index in [-0.39, 0.29) is 0 Å². The average Bonchev–Trinajstić information content (AvgIpc) is 3.49. The number of aromatic nitrogens is 2. The van der Waals surface area contributed by atoms with Gasteiger partial charge in [-0.3, -0.25) is 0 Å². The standard InChI is InChI=1S/C23H24N4O2S2/c1-24-22-26-18(14-30-22)16-8-3-5-10-20(16)28-12-7-13-29-21-11-6-4-9-17(21)19-15-31-23(25-2)27-19/h3-6,8-11,14-15H,7,12-13H2,1-2H3,(H,24,26)(H,25,27). The Labute approximate surface area is 189 Å². The molecule has 160 valence electrons. The summed E-state index contributed by atoms with van der Waals surface area (Å²) >= 11 is 3.16. The van der Waals surface area contributed by atoms with Gasteiger partial charge < -0.3 is 20.1 Å². The largest absolute Gasteiger partial charge is 0.493 e. The maximum Gasteiger partial charge on any atom is 0.182 e. The second-order valence-electron chi connectivity index (χ2n) is 6.62. The molecule has 0 radical (unpaired) electrons. The number of hydrogen-bond donors (Lipinski definition) is 2. The Kier molecular flexibility index (Phi) is 7.01. The van der Waals surface area contributed by atoms with Crippen LogP contribution in [-0.4, -0.2) is 37.3 Å². The minimum absolute atomic E-state index is 0.558. The van der Waals surface area contributed by atoms with Crippen LogP contribution in [0.1, 0.15) is 6.42 Å². The lowest BCUT2D eigenvalue weighted by Crippen LogP contribution is -2.06. The van der Waals surface area contributed by atoms with Crippen LogP contribution >= 0.6 is 22.7 Å². The molecule has 0 bridgehead atoms. The third-order valence-electron chi connectivity index (χ3n) is 4.57. The van der Waals surface area contributed by atoms with Crippen molar-refractivity contribution in [1.82, 2.24) is 9.97 Å². The molecule has 2 aromatic heterocycles. The fraction of sp³-hybridized carbons (Fsp3) is 0.217. The Bertz CT molecular complexity index is 1040. The van der Waals surface area contributed by atoms with Gasteiger partial charge in [-0.2, -0.15) is 0 Å². The molecule has 4 rings (SSSR count). The summed E-state index contributed by atoms with van der Waals surface area (Å²) in [5.41, 5.74) is 3.82. The molecule has 0 spiro atoms. The number of ether oxygens (including phenoxy) is 2. The van der Waals surface area contributed by atoms with Gasteiger partial charge in [0.15, 0.2) is 10.3 Å². The van der Waals surface area contributed by atoms with Crippen molar-refractivity contribution in [3.05, 3.63) is 59.3 Å². The normalized spacial score (nSPS) is 10.6. The van der Waals surface area contributed by atoms with E-state index in [1.807, 2.05) is 73.4 Å². The predicted molar refractivity (Wildman–Crippen MR) is 130 cm³/mol. The highest BCUT2D eigenvalue weighted by molar-refractivity contribution is 7.14. The fourth-order valence-corrected chi connectivity index (χ4v) is 4.40. The van der Waals surface area contributed by atoms with Crippen molar-refractivity contribution in [2.75, 3.05) is 37.9 Å². The zero-order chi connectivity index (χ0) is 21.5. The maximum atomic E-state index is 6.05. The number of anilines is 2. The van der Waals surface area contributed by atoms with Crippen molar-refractivity contribution >= 4 is 32.9 Å². The van der Waals surface area contributed by atoms with Crippen LogP contribution in [0.3, 0.4) is 0 Å².